The van der Waals surface area contributed by atoms with Crippen LogP contribution in [0.25, 0.3) is 33.1 Å². The summed E-state index contributed by atoms with van der Waals surface area (Å²) >= 11 is 1.55. The SMILES string of the molecule is CS(=O)(=O)CCNCc1nc(-c2ccc3c(Nc4ccc5c(ccn5Cc5ccccc5)c4)ncnc3c2)cs1. The third-order valence-corrected chi connectivity index (χ3v) is 8.43. The fraction of sp³-hybridized carbons (Fsp3) is 0.167. The van der Waals surface area contributed by atoms with Crippen LogP contribution < -0.4 is 10.6 Å². The second-order valence-corrected chi connectivity index (χ2v) is 12.9. The first kappa shape index (κ1) is 26.1. The van der Waals surface area contributed by atoms with Crippen molar-refractivity contribution < 1.29 is 8.42 Å². The van der Waals surface area contributed by atoms with Crippen LogP contribution in [0.3, 0.4) is 0 Å². The molecular formula is C30H28N6O2S2. The van der Waals surface area contributed by atoms with Gasteiger partial charge in [-0.15, -0.1) is 11.3 Å². The molecule has 0 fully saturated rings. The van der Waals surface area contributed by atoms with E-state index in [0.29, 0.717) is 13.1 Å². The Hall–Kier alpha value is -4.12. The second-order valence-electron chi connectivity index (χ2n) is 9.72. The Bertz CT molecular complexity index is 1900. The standard InChI is InChI=1S/C30H28N6O2S2/c1-40(37,38)14-12-31-17-29-35-27(19-39-29)22-7-9-25-26(16-22)32-20-33-30(25)34-24-8-10-28-23(15-24)11-13-36(28)18-21-5-3-2-4-6-21/h2-11,13,15-16,19-20,31H,12,14,17-18H2,1H3,(H,32,33,34). The van der Waals surface area contributed by atoms with E-state index in [9.17, 15) is 8.42 Å². The predicted molar refractivity (Wildman–Crippen MR) is 163 cm³/mol. The zero-order valence-electron chi connectivity index (χ0n) is 21.9. The number of thiazole rings is 1. The molecule has 8 nitrogen and oxygen atoms in total. The highest BCUT2D eigenvalue weighted by Gasteiger charge is 2.11. The predicted octanol–water partition coefficient (Wildman–Crippen LogP) is 5.63. The van der Waals surface area contributed by atoms with Gasteiger partial charge in [0, 0.05) is 65.0 Å². The average Bonchev–Trinajstić information content (AvgIpc) is 3.58. The van der Waals surface area contributed by atoms with Gasteiger partial charge in [-0.3, -0.25) is 0 Å². The summed E-state index contributed by atoms with van der Waals surface area (Å²) in [5.74, 6) is 0.856. The molecule has 3 aromatic heterocycles. The van der Waals surface area contributed by atoms with Gasteiger partial charge in [-0.05, 0) is 42.0 Å². The van der Waals surface area contributed by atoms with Gasteiger partial charge >= 0.3 is 0 Å². The number of nitrogens with one attached hydrogen (secondary N) is 2. The molecule has 3 aromatic carbocycles. The molecule has 40 heavy (non-hydrogen) atoms. The summed E-state index contributed by atoms with van der Waals surface area (Å²) in [5, 5.41) is 11.6. The highest BCUT2D eigenvalue weighted by Crippen LogP contribution is 2.30. The third-order valence-electron chi connectivity index (χ3n) is 6.64. The molecule has 0 aliphatic rings. The molecule has 6 aromatic rings. The second kappa shape index (κ2) is 11.2. The fourth-order valence-corrected chi connectivity index (χ4v) is 5.91. The van der Waals surface area contributed by atoms with Crippen LogP contribution in [0.5, 0.6) is 0 Å². The van der Waals surface area contributed by atoms with Crippen molar-refractivity contribution in [2.75, 3.05) is 23.9 Å². The van der Waals surface area contributed by atoms with Crippen molar-refractivity contribution in [1.82, 2.24) is 24.8 Å². The number of sulfone groups is 1. The summed E-state index contributed by atoms with van der Waals surface area (Å²) in [6.07, 6.45) is 4.93. The molecule has 0 aliphatic carbocycles. The van der Waals surface area contributed by atoms with Crippen molar-refractivity contribution in [3.8, 4) is 11.3 Å². The molecule has 0 saturated heterocycles. The smallest absolute Gasteiger partial charge is 0.148 e. The van der Waals surface area contributed by atoms with Crippen LogP contribution in [0.15, 0.2) is 90.7 Å². The van der Waals surface area contributed by atoms with Crippen LogP contribution >= 0.6 is 11.3 Å². The lowest BCUT2D eigenvalue weighted by Crippen LogP contribution is -2.21. The minimum atomic E-state index is -2.98. The van der Waals surface area contributed by atoms with Crippen molar-refractivity contribution in [1.29, 1.82) is 0 Å². The number of fused-ring (bicyclic) bond motifs is 2. The molecular weight excluding hydrogens is 541 g/mol. The Morgan fingerprint density at radius 1 is 0.975 bits per heavy atom. The van der Waals surface area contributed by atoms with E-state index in [1.807, 2.05) is 29.6 Å². The topological polar surface area (TPSA) is 102 Å². The number of nitrogens with zero attached hydrogens (tertiary/aromatic N) is 4. The highest BCUT2D eigenvalue weighted by atomic mass is 32.2. The first-order valence-electron chi connectivity index (χ1n) is 12.9. The number of hydrogen-bond donors (Lipinski definition) is 2. The maximum Gasteiger partial charge on any atom is 0.148 e. The lowest BCUT2D eigenvalue weighted by Gasteiger charge is -2.10. The normalized spacial score (nSPS) is 11.8. The Morgan fingerprint density at radius 2 is 1.85 bits per heavy atom. The maximum absolute atomic E-state index is 11.3. The zero-order valence-corrected chi connectivity index (χ0v) is 23.5. The molecule has 0 amide bonds. The van der Waals surface area contributed by atoms with E-state index in [1.54, 1.807) is 17.7 Å². The van der Waals surface area contributed by atoms with Crippen LogP contribution in [-0.4, -0.2) is 46.5 Å². The summed E-state index contributed by atoms with van der Waals surface area (Å²) < 4.78 is 24.9. The van der Waals surface area contributed by atoms with Gasteiger partial charge < -0.3 is 15.2 Å². The fourth-order valence-electron chi connectivity index (χ4n) is 4.63. The van der Waals surface area contributed by atoms with Crippen molar-refractivity contribution in [2.45, 2.75) is 13.1 Å². The van der Waals surface area contributed by atoms with E-state index in [4.69, 9.17) is 4.98 Å². The highest BCUT2D eigenvalue weighted by molar-refractivity contribution is 7.90. The van der Waals surface area contributed by atoms with E-state index < -0.39 is 9.84 Å². The minimum absolute atomic E-state index is 0.112. The lowest BCUT2D eigenvalue weighted by atomic mass is 10.1. The minimum Gasteiger partial charge on any atom is -0.343 e. The van der Waals surface area contributed by atoms with Crippen molar-refractivity contribution >= 4 is 54.5 Å². The quantitative estimate of drug-likeness (QED) is 0.206. The van der Waals surface area contributed by atoms with E-state index in [-0.39, 0.29) is 5.75 Å². The Morgan fingerprint density at radius 3 is 2.70 bits per heavy atom. The van der Waals surface area contributed by atoms with Gasteiger partial charge in [-0.25, -0.2) is 23.4 Å². The number of hydrogen-bond acceptors (Lipinski definition) is 8. The van der Waals surface area contributed by atoms with Gasteiger partial charge in [0.25, 0.3) is 0 Å². The van der Waals surface area contributed by atoms with E-state index in [1.165, 1.54) is 17.3 Å². The largest absolute Gasteiger partial charge is 0.343 e. The Labute approximate surface area is 236 Å². The summed E-state index contributed by atoms with van der Waals surface area (Å²) in [6, 6.07) is 25.0. The molecule has 6 rings (SSSR count). The van der Waals surface area contributed by atoms with Gasteiger partial charge in [0.15, 0.2) is 0 Å². The average molecular weight is 569 g/mol. The molecule has 0 atom stereocenters. The molecule has 0 bridgehead atoms. The van der Waals surface area contributed by atoms with E-state index in [0.717, 1.165) is 50.6 Å². The summed E-state index contributed by atoms with van der Waals surface area (Å²) in [5.41, 5.74) is 6.07. The van der Waals surface area contributed by atoms with Gasteiger partial charge in [-0.1, -0.05) is 36.4 Å². The van der Waals surface area contributed by atoms with Gasteiger partial charge in [-0.2, -0.15) is 0 Å². The first-order chi connectivity index (χ1) is 19.4. The van der Waals surface area contributed by atoms with Crippen LogP contribution in [0, 0.1) is 0 Å². The number of benzene rings is 3. The monoisotopic (exact) mass is 568 g/mol. The van der Waals surface area contributed by atoms with Crippen LogP contribution in [0.4, 0.5) is 11.5 Å². The van der Waals surface area contributed by atoms with Crippen molar-refractivity contribution in [3.05, 3.63) is 101 Å². The number of rotatable bonds is 10. The van der Waals surface area contributed by atoms with Crippen molar-refractivity contribution in [2.24, 2.45) is 0 Å². The maximum atomic E-state index is 11.3. The Kier molecular flexibility index (Phi) is 7.29. The molecule has 10 heteroatoms. The molecule has 202 valence electrons. The zero-order chi connectivity index (χ0) is 27.5. The number of anilines is 2. The summed E-state index contributed by atoms with van der Waals surface area (Å²) in [7, 11) is -2.98. The molecule has 0 aliphatic heterocycles. The van der Waals surface area contributed by atoms with Gasteiger partial charge in [0.05, 0.1) is 17.0 Å². The van der Waals surface area contributed by atoms with Crippen LogP contribution in [0.2, 0.25) is 0 Å². The molecule has 0 spiro atoms. The van der Waals surface area contributed by atoms with Crippen LogP contribution in [-0.2, 0) is 22.9 Å². The molecule has 2 N–H and O–H groups in total. The van der Waals surface area contributed by atoms with E-state index >= 15 is 0 Å². The third kappa shape index (κ3) is 6.04. The molecule has 0 saturated carbocycles. The van der Waals surface area contributed by atoms with Crippen molar-refractivity contribution in [3.63, 3.8) is 0 Å². The lowest BCUT2D eigenvalue weighted by molar-refractivity contribution is 0.596. The van der Waals surface area contributed by atoms with Gasteiger partial charge in [0.1, 0.15) is 27.0 Å². The molecule has 3 heterocycles. The summed E-state index contributed by atoms with van der Waals surface area (Å²) in [4.78, 5) is 13.7. The number of aromatic nitrogens is 4. The Balaban J connectivity index is 1.17. The molecule has 0 unspecified atom stereocenters. The first-order valence-corrected chi connectivity index (χ1v) is 15.8. The summed E-state index contributed by atoms with van der Waals surface area (Å²) in [6.45, 7) is 1.77. The molecule has 0 radical (unpaired) electrons. The van der Waals surface area contributed by atoms with Crippen LogP contribution in [0.1, 0.15) is 10.6 Å². The van der Waals surface area contributed by atoms with Gasteiger partial charge in [0.2, 0.25) is 0 Å². The van der Waals surface area contributed by atoms with E-state index in [2.05, 4.69) is 79.9 Å².